The molecule has 2 aliphatic heterocycles. The molecule has 0 spiro atoms. The van der Waals surface area contributed by atoms with Gasteiger partial charge in [0.1, 0.15) is 12.2 Å². The van der Waals surface area contributed by atoms with E-state index in [9.17, 15) is 18.0 Å². The van der Waals surface area contributed by atoms with E-state index in [1.807, 2.05) is 29.8 Å². The van der Waals surface area contributed by atoms with Gasteiger partial charge in [0.25, 0.3) is 5.91 Å². The minimum absolute atomic E-state index is 0.0437. The van der Waals surface area contributed by atoms with Gasteiger partial charge in [-0.3, -0.25) is 9.69 Å². The van der Waals surface area contributed by atoms with Gasteiger partial charge >= 0.3 is 6.18 Å². The van der Waals surface area contributed by atoms with Crippen molar-refractivity contribution in [2.75, 3.05) is 38.7 Å². The van der Waals surface area contributed by atoms with Crippen LogP contribution in [0.15, 0.2) is 42.7 Å². The van der Waals surface area contributed by atoms with Crippen LogP contribution in [0.2, 0.25) is 0 Å². The van der Waals surface area contributed by atoms with E-state index in [0.29, 0.717) is 23.7 Å². The number of aryl methyl sites for hydroxylation is 1. The minimum Gasteiger partial charge on any atom is -0.381 e. The van der Waals surface area contributed by atoms with Gasteiger partial charge < -0.3 is 19.1 Å². The first kappa shape index (κ1) is 30.7. The third-order valence-corrected chi connectivity index (χ3v) is 9.80. The van der Waals surface area contributed by atoms with Gasteiger partial charge in [-0.2, -0.15) is 13.2 Å². The molecule has 2 aromatic carbocycles. The van der Waals surface area contributed by atoms with Crippen molar-refractivity contribution in [2.45, 2.75) is 64.0 Å². The number of anilines is 1. The SMILES string of the molecule is COC1CC([C@H](c2cccc(N3Cc4c(cc(CN5CCN(C)CC5C(C)C)cc4C(F)(F)F)C3=O)c2)c2nncn2C)C1. The number of hydrogen-bond acceptors (Lipinski definition) is 6. The normalized spacial score (nSPS) is 23.7. The van der Waals surface area contributed by atoms with Gasteiger partial charge in [0.15, 0.2) is 0 Å². The maximum absolute atomic E-state index is 14.5. The second-order valence-electron chi connectivity index (χ2n) is 13.1. The largest absolute Gasteiger partial charge is 0.416 e. The van der Waals surface area contributed by atoms with Crippen molar-refractivity contribution in [1.82, 2.24) is 24.6 Å². The highest BCUT2D eigenvalue weighted by Crippen LogP contribution is 2.45. The van der Waals surface area contributed by atoms with E-state index < -0.39 is 17.6 Å². The number of nitrogens with zero attached hydrogens (tertiary/aromatic N) is 6. The third-order valence-electron chi connectivity index (χ3n) is 9.80. The highest BCUT2D eigenvalue weighted by molar-refractivity contribution is 6.10. The topological polar surface area (TPSA) is 66.7 Å². The number of methoxy groups -OCH3 is 1. The lowest BCUT2D eigenvalue weighted by molar-refractivity contribution is -0.138. The number of carbonyl (C=O) groups is 1. The summed E-state index contributed by atoms with van der Waals surface area (Å²) in [6.07, 6.45) is -0.980. The molecular weight excluding hydrogens is 569 g/mol. The lowest BCUT2D eigenvalue weighted by atomic mass is 9.70. The zero-order chi connectivity index (χ0) is 31.3. The molecule has 44 heavy (non-hydrogen) atoms. The molecule has 1 saturated carbocycles. The van der Waals surface area contributed by atoms with Crippen molar-refractivity contribution in [1.29, 1.82) is 0 Å². The molecular formula is C33H41F3N6O2. The van der Waals surface area contributed by atoms with Gasteiger partial charge in [0.05, 0.1) is 18.2 Å². The van der Waals surface area contributed by atoms with Crippen LogP contribution in [0.25, 0.3) is 0 Å². The minimum atomic E-state index is -4.57. The number of fused-ring (bicyclic) bond motifs is 1. The number of ether oxygens (including phenoxy) is 1. The summed E-state index contributed by atoms with van der Waals surface area (Å²) in [5, 5.41) is 8.49. The van der Waals surface area contributed by atoms with Crippen molar-refractivity contribution in [3.63, 3.8) is 0 Å². The van der Waals surface area contributed by atoms with E-state index in [4.69, 9.17) is 4.74 Å². The average Bonchev–Trinajstić information content (AvgIpc) is 3.53. The lowest BCUT2D eigenvalue weighted by Gasteiger charge is -2.42. The van der Waals surface area contributed by atoms with E-state index in [0.717, 1.165) is 43.9 Å². The Labute approximate surface area is 256 Å². The molecule has 2 atom stereocenters. The summed E-state index contributed by atoms with van der Waals surface area (Å²) in [4.78, 5) is 19.9. The fourth-order valence-electron chi connectivity index (χ4n) is 7.24. The molecule has 6 rings (SSSR count). The van der Waals surface area contributed by atoms with Gasteiger partial charge in [-0.15, -0.1) is 10.2 Å². The summed E-state index contributed by atoms with van der Waals surface area (Å²) in [7, 11) is 5.69. The first-order chi connectivity index (χ1) is 20.9. The zero-order valence-corrected chi connectivity index (χ0v) is 26.0. The number of carbonyl (C=O) groups excluding carboxylic acids is 1. The van der Waals surface area contributed by atoms with Crippen molar-refractivity contribution in [2.24, 2.45) is 18.9 Å². The molecule has 1 amide bonds. The molecule has 11 heteroatoms. The summed E-state index contributed by atoms with van der Waals surface area (Å²) < 4.78 is 50.9. The molecule has 3 heterocycles. The third kappa shape index (κ3) is 5.77. The Morgan fingerprint density at radius 3 is 2.52 bits per heavy atom. The van der Waals surface area contributed by atoms with Crippen LogP contribution in [0.3, 0.4) is 0 Å². The number of hydrogen-bond donors (Lipinski definition) is 0. The molecule has 3 aliphatic rings. The summed E-state index contributed by atoms with van der Waals surface area (Å²) in [6, 6.07) is 10.8. The van der Waals surface area contributed by atoms with Crippen LogP contribution in [0, 0.1) is 11.8 Å². The standard InChI is InChI=1S/C33H41F3N6O2/c1-20(2)29-18-39(3)9-10-41(29)16-21-11-26-27(28(12-21)33(34,35)36)17-42(32(26)43)24-8-6-7-22(13-24)30(23-14-25(15-23)44-5)31-38-37-19-40(31)4/h6-8,11-13,19-20,23,25,29-30H,9-10,14-18H2,1-5H3/t23?,25?,29?,30-/m0/s1. The van der Waals surface area contributed by atoms with Crippen LogP contribution in [0.1, 0.15) is 71.0 Å². The van der Waals surface area contributed by atoms with Crippen LogP contribution >= 0.6 is 0 Å². The maximum atomic E-state index is 14.5. The smallest absolute Gasteiger partial charge is 0.381 e. The van der Waals surface area contributed by atoms with E-state index in [1.165, 1.54) is 11.0 Å². The highest BCUT2D eigenvalue weighted by Gasteiger charge is 2.42. The van der Waals surface area contributed by atoms with Crippen LogP contribution in [-0.2, 0) is 31.1 Å². The molecule has 2 fully saturated rings. The molecule has 8 nitrogen and oxygen atoms in total. The Kier molecular flexibility index (Phi) is 8.32. The highest BCUT2D eigenvalue weighted by atomic mass is 19.4. The first-order valence-corrected chi connectivity index (χ1v) is 15.4. The average molecular weight is 611 g/mol. The van der Waals surface area contributed by atoms with E-state index in [2.05, 4.69) is 40.9 Å². The molecule has 236 valence electrons. The monoisotopic (exact) mass is 610 g/mol. The second kappa shape index (κ2) is 11.9. The predicted molar refractivity (Wildman–Crippen MR) is 161 cm³/mol. The Morgan fingerprint density at radius 1 is 1.09 bits per heavy atom. The fraction of sp³-hybridized carbons (Fsp3) is 0.545. The fourth-order valence-corrected chi connectivity index (χ4v) is 7.24. The van der Waals surface area contributed by atoms with Gasteiger partial charge in [-0.25, -0.2) is 0 Å². The summed E-state index contributed by atoms with van der Waals surface area (Å²) in [5.41, 5.74) is 1.52. The number of likely N-dealkylation sites (N-methyl/N-ethyl adjacent to an activating group) is 1. The molecule has 1 aliphatic carbocycles. The van der Waals surface area contributed by atoms with E-state index in [-0.39, 0.29) is 41.7 Å². The number of halogens is 3. The summed E-state index contributed by atoms with van der Waals surface area (Å²) >= 11 is 0. The summed E-state index contributed by atoms with van der Waals surface area (Å²) in [6.45, 7) is 7.02. The van der Waals surface area contributed by atoms with Gasteiger partial charge in [0.2, 0.25) is 0 Å². The van der Waals surface area contributed by atoms with Crippen molar-refractivity contribution in [3.8, 4) is 0 Å². The molecule has 3 aromatic rings. The Hall–Kier alpha value is -3.28. The van der Waals surface area contributed by atoms with E-state index in [1.54, 1.807) is 25.6 Å². The van der Waals surface area contributed by atoms with Gasteiger partial charge in [-0.1, -0.05) is 26.0 Å². The predicted octanol–water partition coefficient (Wildman–Crippen LogP) is 5.32. The maximum Gasteiger partial charge on any atom is 0.416 e. The Balaban J connectivity index is 1.32. The quantitative estimate of drug-likeness (QED) is 0.344. The van der Waals surface area contributed by atoms with Crippen LogP contribution < -0.4 is 4.90 Å². The van der Waals surface area contributed by atoms with Crippen molar-refractivity contribution < 1.29 is 22.7 Å². The van der Waals surface area contributed by atoms with Crippen molar-refractivity contribution in [3.05, 3.63) is 76.4 Å². The van der Waals surface area contributed by atoms with Crippen molar-refractivity contribution >= 4 is 11.6 Å². The molecule has 0 N–H and O–H groups in total. The summed E-state index contributed by atoms with van der Waals surface area (Å²) in [5.74, 6) is 0.952. The number of amides is 1. The van der Waals surface area contributed by atoms with Gasteiger partial charge in [0, 0.05) is 63.5 Å². The van der Waals surface area contributed by atoms with E-state index >= 15 is 0 Å². The molecule has 0 radical (unpaired) electrons. The van der Waals surface area contributed by atoms with Crippen LogP contribution in [0.5, 0.6) is 0 Å². The number of aromatic nitrogens is 3. The molecule has 0 bridgehead atoms. The van der Waals surface area contributed by atoms with Crippen LogP contribution in [0.4, 0.5) is 18.9 Å². The zero-order valence-electron chi connectivity index (χ0n) is 26.0. The number of alkyl halides is 3. The van der Waals surface area contributed by atoms with Crippen LogP contribution in [-0.4, -0.2) is 76.4 Å². The molecule has 1 aromatic heterocycles. The van der Waals surface area contributed by atoms with Gasteiger partial charge in [-0.05, 0) is 72.7 Å². The molecule has 1 unspecified atom stereocenters. The second-order valence-corrected chi connectivity index (χ2v) is 13.1. The Morgan fingerprint density at radius 2 is 1.86 bits per heavy atom. The first-order valence-electron chi connectivity index (χ1n) is 15.4. The number of rotatable bonds is 8. The molecule has 1 saturated heterocycles. The lowest BCUT2D eigenvalue weighted by Crippen LogP contribution is -2.53. The number of benzene rings is 2. The number of piperazine rings is 1. The Bertz CT molecular complexity index is 1520.